The molecule has 0 unspecified atom stereocenters. The Morgan fingerprint density at radius 3 is 2.62 bits per heavy atom. The van der Waals surface area contributed by atoms with E-state index in [1.165, 1.54) is 4.90 Å². The van der Waals surface area contributed by atoms with E-state index in [1.54, 1.807) is 14.0 Å². The van der Waals surface area contributed by atoms with Crippen molar-refractivity contribution in [2.24, 2.45) is 0 Å². The third kappa shape index (κ3) is 7.28. The summed E-state index contributed by atoms with van der Waals surface area (Å²) in [6.07, 6.45) is 3.53. The van der Waals surface area contributed by atoms with Gasteiger partial charge in [-0.2, -0.15) is 5.10 Å². The maximum absolute atomic E-state index is 11.8. The molecule has 1 rings (SSSR count). The highest BCUT2D eigenvalue weighted by Gasteiger charge is 2.10. The van der Waals surface area contributed by atoms with Gasteiger partial charge in [0.2, 0.25) is 0 Å². The number of unbranched alkanes of at least 4 members (excludes halogenated alkanes) is 3. The minimum Gasteiger partial charge on any atom is -0.481 e. The summed E-state index contributed by atoms with van der Waals surface area (Å²) in [7, 11) is 1.69. The Kier molecular flexibility index (Phi) is 7.20. The number of carboxylic acid groups (broad SMARTS) is 1. The third-order valence-corrected chi connectivity index (χ3v) is 2.96. The van der Waals surface area contributed by atoms with Crippen LogP contribution in [-0.2, 0) is 11.3 Å². The van der Waals surface area contributed by atoms with Crippen LogP contribution < -0.4 is 5.32 Å². The Bertz CT molecular complexity index is 460. The molecule has 1 aromatic heterocycles. The standard InChI is InChI=1S/C13H23N5O3/c1-10-15-11(17-16-10)9-18(2)13(21)14-8-6-4-3-5-7-12(19)20/h3-9H2,1-2H3,(H,14,21)(H,19,20)(H,15,16,17). The largest absolute Gasteiger partial charge is 0.481 e. The van der Waals surface area contributed by atoms with Crippen LogP contribution in [0, 0.1) is 6.92 Å². The number of nitrogens with one attached hydrogen (secondary N) is 2. The van der Waals surface area contributed by atoms with Gasteiger partial charge in [-0.15, -0.1) is 0 Å². The van der Waals surface area contributed by atoms with Crippen LogP contribution in [0.3, 0.4) is 0 Å². The summed E-state index contributed by atoms with van der Waals surface area (Å²) < 4.78 is 0. The fourth-order valence-electron chi connectivity index (χ4n) is 1.83. The number of amides is 2. The number of hydrogen-bond acceptors (Lipinski definition) is 4. The van der Waals surface area contributed by atoms with Crippen LogP contribution in [0.5, 0.6) is 0 Å². The molecule has 0 aromatic carbocycles. The van der Waals surface area contributed by atoms with Crippen LogP contribution in [0.25, 0.3) is 0 Å². The zero-order valence-corrected chi connectivity index (χ0v) is 12.6. The van der Waals surface area contributed by atoms with Crippen molar-refractivity contribution in [3.63, 3.8) is 0 Å². The topological polar surface area (TPSA) is 111 Å². The second kappa shape index (κ2) is 8.93. The van der Waals surface area contributed by atoms with Gasteiger partial charge in [0.05, 0.1) is 6.54 Å². The predicted octanol–water partition coefficient (Wildman–Crippen LogP) is 1.29. The number of aryl methyl sites for hydroxylation is 1. The van der Waals surface area contributed by atoms with E-state index < -0.39 is 5.97 Å². The molecule has 0 aliphatic rings. The maximum Gasteiger partial charge on any atom is 0.317 e. The van der Waals surface area contributed by atoms with Crippen LogP contribution in [-0.4, -0.2) is 50.8 Å². The van der Waals surface area contributed by atoms with Crippen LogP contribution in [0.15, 0.2) is 0 Å². The quantitative estimate of drug-likeness (QED) is 0.595. The summed E-state index contributed by atoms with van der Waals surface area (Å²) in [6.45, 7) is 2.75. The molecule has 1 heterocycles. The highest BCUT2D eigenvalue weighted by Crippen LogP contribution is 2.02. The number of aromatic nitrogens is 3. The van der Waals surface area contributed by atoms with Gasteiger partial charge in [0.1, 0.15) is 5.82 Å². The minimum atomic E-state index is -0.757. The molecule has 0 atom stereocenters. The van der Waals surface area contributed by atoms with Crippen LogP contribution >= 0.6 is 0 Å². The number of carbonyl (C=O) groups excluding carboxylic acids is 1. The lowest BCUT2D eigenvalue weighted by atomic mass is 10.1. The highest BCUT2D eigenvalue weighted by molar-refractivity contribution is 5.73. The molecular formula is C13H23N5O3. The van der Waals surface area contributed by atoms with Gasteiger partial charge < -0.3 is 15.3 Å². The molecule has 21 heavy (non-hydrogen) atoms. The molecule has 1 aromatic rings. The predicted molar refractivity (Wildman–Crippen MR) is 76.7 cm³/mol. The molecule has 8 nitrogen and oxygen atoms in total. The summed E-state index contributed by atoms with van der Waals surface area (Å²) in [6, 6.07) is -0.164. The van der Waals surface area contributed by atoms with Crippen molar-refractivity contribution in [1.29, 1.82) is 0 Å². The zero-order valence-electron chi connectivity index (χ0n) is 12.6. The van der Waals surface area contributed by atoms with Crippen LogP contribution in [0.1, 0.15) is 43.8 Å². The SMILES string of the molecule is Cc1nc(CN(C)C(=O)NCCCCCCC(=O)O)n[nH]1. The van der Waals surface area contributed by atoms with Gasteiger partial charge in [-0.1, -0.05) is 12.8 Å². The van der Waals surface area contributed by atoms with Crippen molar-refractivity contribution in [3.8, 4) is 0 Å². The molecule has 0 aliphatic heterocycles. The van der Waals surface area contributed by atoms with Crippen molar-refractivity contribution in [2.75, 3.05) is 13.6 Å². The Morgan fingerprint density at radius 2 is 2.00 bits per heavy atom. The summed E-state index contributed by atoms with van der Waals surface area (Å²) in [5.41, 5.74) is 0. The van der Waals surface area contributed by atoms with Crippen molar-refractivity contribution in [2.45, 2.75) is 45.6 Å². The van der Waals surface area contributed by atoms with Gasteiger partial charge in [0.25, 0.3) is 0 Å². The molecule has 0 radical (unpaired) electrons. The number of aliphatic carboxylic acids is 1. The van der Waals surface area contributed by atoms with E-state index in [0.29, 0.717) is 25.3 Å². The van der Waals surface area contributed by atoms with Crippen molar-refractivity contribution in [3.05, 3.63) is 11.6 Å². The number of rotatable bonds is 9. The molecule has 0 saturated heterocycles. The van der Waals surface area contributed by atoms with Crippen molar-refractivity contribution in [1.82, 2.24) is 25.4 Å². The summed E-state index contributed by atoms with van der Waals surface area (Å²) in [5, 5.41) is 18.0. The lowest BCUT2D eigenvalue weighted by molar-refractivity contribution is -0.137. The van der Waals surface area contributed by atoms with E-state index >= 15 is 0 Å². The second-order valence-corrected chi connectivity index (χ2v) is 4.98. The maximum atomic E-state index is 11.8. The Hall–Kier alpha value is -2.12. The van der Waals surface area contributed by atoms with Crippen molar-refractivity contribution < 1.29 is 14.7 Å². The van der Waals surface area contributed by atoms with E-state index in [4.69, 9.17) is 5.11 Å². The Morgan fingerprint density at radius 1 is 1.29 bits per heavy atom. The molecule has 118 valence electrons. The zero-order chi connectivity index (χ0) is 15.7. The van der Waals surface area contributed by atoms with Crippen LogP contribution in [0.2, 0.25) is 0 Å². The number of aromatic amines is 1. The Labute approximate surface area is 123 Å². The third-order valence-electron chi connectivity index (χ3n) is 2.96. The number of nitrogens with zero attached hydrogens (tertiary/aromatic N) is 3. The van der Waals surface area contributed by atoms with Gasteiger partial charge in [-0.3, -0.25) is 9.89 Å². The molecule has 0 aliphatic carbocycles. The summed E-state index contributed by atoms with van der Waals surface area (Å²) in [5.74, 6) is 0.547. The van der Waals surface area contributed by atoms with E-state index in [-0.39, 0.29) is 12.5 Å². The van der Waals surface area contributed by atoms with Gasteiger partial charge >= 0.3 is 12.0 Å². The van der Waals surface area contributed by atoms with Gasteiger partial charge in [0.15, 0.2) is 5.82 Å². The Balaban J connectivity index is 2.08. The van der Waals surface area contributed by atoms with E-state index in [2.05, 4.69) is 20.5 Å². The number of carbonyl (C=O) groups is 2. The lowest BCUT2D eigenvalue weighted by Crippen LogP contribution is -2.37. The first kappa shape index (κ1) is 16.9. The number of urea groups is 1. The molecule has 0 spiro atoms. The lowest BCUT2D eigenvalue weighted by Gasteiger charge is -2.16. The molecule has 0 fully saturated rings. The minimum absolute atomic E-state index is 0.164. The first-order valence-electron chi connectivity index (χ1n) is 7.07. The number of carboxylic acids is 1. The summed E-state index contributed by atoms with van der Waals surface area (Å²) >= 11 is 0. The monoisotopic (exact) mass is 297 g/mol. The molecule has 0 bridgehead atoms. The van der Waals surface area contributed by atoms with Crippen molar-refractivity contribution >= 4 is 12.0 Å². The average molecular weight is 297 g/mol. The fourth-order valence-corrected chi connectivity index (χ4v) is 1.83. The van der Waals surface area contributed by atoms with Gasteiger partial charge in [-0.25, -0.2) is 9.78 Å². The van der Waals surface area contributed by atoms with Gasteiger partial charge in [0, 0.05) is 20.0 Å². The number of H-pyrrole nitrogens is 1. The molecule has 2 amide bonds. The molecular weight excluding hydrogens is 274 g/mol. The van der Waals surface area contributed by atoms with E-state index in [1.807, 2.05) is 0 Å². The van der Waals surface area contributed by atoms with Crippen LogP contribution in [0.4, 0.5) is 4.79 Å². The van der Waals surface area contributed by atoms with E-state index in [9.17, 15) is 9.59 Å². The first-order chi connectivity index (χ1) is 9.99. The first-order valence-corrected chi connectivity index (χ1v) is 7.07. The van der Waals surface area contributed by atoms with Gasteiger partial charge in [-0.05, 0) is 19.8 Å². The molecule has 3 N–H and O–H groups in total. The molecule has 0 saturated carbocycles. The van der Waals surface area contributed by atoms with E-state index in [0.717, 1.165) is 25.1 Å². The molecule has 8 heteroatoms. The summed E-state index contributed by atoms with van der Waals surface area (Å²) in [4.78, 5) is 27.8. The smallest absolute Gasteiger partial charge is 0.317 e. The normalized spacial score (nSPS) is 10.4. The highest BCUT2D eigenvalue weighted by atomic mass is 16.4. The fraction of sp³-hybridized carbons (Fsp3) is 0.692. The number of hydrogen-bond donors (Lipinski definition) is 3. The second-order valence-electron chi connectivity index (χ2n) is 4.98. The average Bonchev–Trinajstić information content (AvgIpc) is 2.82.